The zero-order valence-electron chi connectivity index (χ0n) is 17.3. The molecule has 27 heavy (non-hydrogen) atoms. The van der Waals surface area contributed by atoms with Gasteiger partial charge >= 0.3 is 0 Å². The standard InChI is InChI=1S/C22H36N4O/c1-4-22(5-2,19-12-8-7-9-13-19)18-25-21(23-6-3)24-15-11-17-26-16-10-14-20(26)27/h7-9,12-13H,4-6,10-11,14-18H2,1-3H3,(H2,23,24,25). The van der Waals surface area contributed by atoms with Crippen molar-refractivity contribution in [2.75, 3.05) is 32.7 Å². The van der Waals surface area contributed by atoms with Gasteiger partial charge in [-0.2, -0.15) is 0 Å². The zero-order chi connectivity index (χ0) is 19.5. The van der Waals surface area contributed by atoms with Crippen LogP contribution in [0.1, 0.15) is 58.4 Å². The fourth-order valence-corrected chi connectivity index (χ4v) is 3.75. The average molecular weight is 373 g/mol. The predicted molar refractivity (Wildman–Crippen MR) is 113 cm³/mol. The van der Waals surface area contributed by atoms with Crippen molar-refractivity contribution < 1.29 is 4.79 Å². The van der Waals surface area contributed by atoms with E-state index in [0.29, 0.717) is 12.3 Å². The Hall–Kier alpha value is -2.04. The summed E-state index contributed by atoms with van der Waals surface area (Å²) in [4.78, 5) is 18.6. The van der Waals surface area contributed by atoms with Gasteiger partial charge in [-0.15, -0.1) is 0 Å². The van der Waals surface area contributed by atoms with Crippen molar-refractivity contribution in [1.82, 2.24) is 15.5 Å². The molecule has 2 N–H and O–H groups in total. The molecule has 0 bridgehead atoms. The molecule has 1 aliphatic heterocycles. The summed E-state index contributed by atoms with van der Waals surface area (Å²) < 4.78 is 0. The van der Waals surface area contributed by atoms with E-state index in [0.717, 1.165) is 64.4 Å². The summed E-state index contributed by atoms with van der Waals surface area (Å²) in [6.07, 6.45) is 4.79. The van der Waals surface area contributed by atoms with Gasteiger partial charge in [-0.05, 0) is 38.2 Å². The van der Waals surface area contributed by atoms with E-state index >= 15 is 0 Å². The van der Waals surface area contributed by atoms with Crippen LogP contribution in [0.4, 0.5) is 0 Å². The van der Waals surface area contributed by atoms with Crippen LogP contribution in [0.15, 0.2) is 35.3 Å². The van der Waals surface area contributed by atoms with Crippen LogP contribution in [0.5, 0.6) is 0 Å². The lowest BCUT2D eigenvalue weighted by Gasteiger charge is -2.31. The molecule has 0 aliphatic carbocycles. The highest BCUT2D eigenvalue weighted by molar-refractivity contribution is 5.80. The molecule has 150 valence electrons. The molecule has 0 radical (unpaired) electrons. The Labute approximate surface area is 164 Å². The first-order chi connectivity index (χ1) is 13.1. The summed E-state index contributed by atoms with van der Waals surface area (Å²) in [5.74, 6) is 1.17. The highest BCUT2D eigenvalue weighted by atomic mass is 16.2. The summed E-state index contributed by atoms with van der Waals surface area (Å²) in [6, 6.07) is 10.7. The van der Waals surface area contributed by atoms with Gasteiger partial charge in [0, 0.05) is 38.0 Å². The van der Waals surface area contributed by atoms with Gasteiger partial charge in [0.1, 0.15) is 0 Å². The maximum Gasteiger partial charge on any atom is 0.222 e. The van der Waals surface area contributed by atoms with Crippen molar-refractivity contribution in [3.63, 3.8) is 0 Å². The van der Waals surface area contributed by atoms with Crippen LogP contribution >= 0.6 is 0 Å². The first-order valence-corrected chi connectivity index (χ1v) is 10.5. The van der Waals surface area contributed by atoms with Gasteiger partial charge in [-0.25, -0.2) is 0 Å². The van der Waals surface area contributed by atoms with Gasteiger partial charge in [0.05, 0.1) is 6.54 Å². The van der Waals surface area contributed by atoms with Crippen LogP contribution in [0.25, 0.3) is 0 Å². The van der Waals surface area contributed by atoms with E-state index in [1.54, 1.807) is 0 Å². The normalized spacial score (nSPS) is 15.3. The monoisotopic (exact) mass is 372 g/mol. The van der Waals surface area contributed by atoms with Crippen LogP contribution in [-0.4, -0.2) is 49.5 Å². The molecule has 0 atom stereocenters. The van der Waals surface area contributed by atoms with Gasteiger partial charge in [0.2, 0.25) is 5.91 Å². The fraction of sp³-hybridized carbons (Fsp3) is 0.636. The number of nitrogens with one attached hydrogen (secondary N) is 2. The van der Waals surface area contributed by atoms with Gasteiger partial charge in [-0.1, -0.05) is 44.2 Å². The highest BCUT2D eigenvalue weighted by Crippen LogP contribution is 2.31. The Balaban J connectivity index is 1.93. The second kappa shape index (κ2) is 11.0. The first-order valence-electron chi connectivity index (χ1n) is 10.5. The molecule has 1 aliphatic rings. The Bertz CT molecular complexity index is 596. The molecule has 1 fully saturated rings. The highest BCUT2D eigenvalue weighted by Gasteiger charge is 2.28. The number of hydrogen-bond acceptors (Lipinski definition) is 2. The van der Waals surface area contributed by atoms with Crippen molar-refractivity contribution in [3.05, 3.63) is 35.9 Å². The van der Waals surface area contributed by atoms with E-state index in [9.17, 15) is 4.79 Å². The Morgan fingerprint density at radius 3 is 2.48 bits per heavy atom. The lowest BCUT2D eigenvalue weighted by molar-refractivity contribution is -0.127. The van der Waals surface area contributed by atoms with Crippen molar-refractivity contribution in [3.8, 4) is 0 Å². The molecule has 0 aromatic heterocycles. The number of hydrogen-bond donors (Lipinski definition) is 2. The summed E-state index contributed by atoms with van der Waals surface area (Å²) in [7, 11) is 0. The quantitative estimate of drug-likeness (QED) is 0.376. The third-order valence-electron chi connectivity index (χ3n) is 5.69. The van der Waals surface area contributed by atoms with E-state index in [1.165, 1.54) is 5.56 Å². The number of aliphatic imine (C=N–C) groups is 1. The van der Waals surface area contributed by atoms with Gasteiger partial charge < -0.3 is 15.5 Å². The second-order valence-corrected chi connectivity index (χ2v) is 7.31. The second-order valence-electron chi connectivity index (χ2n) is 7.31. The molecule has 1 heterocycles. The lowest BCUT2D eigenvalue weighted by atomic mass is 9.76. The molecule has 5 heteroatoms. The molecule has 5 nitrogen and oxygen atoms in total. The molecule has 0 saturated carbocycles. The van der Waals surface area contributed by atoms with Crippen LogP contribution in [0, 0.1) is 0 Å². The lowest BCUT2D eigenvalue weighted by Crippen LogP contribution is -2.40. The van der Waals surface area contributed by atoms with E-state index in [1.807, 2.05) is 4.90 Å². The molecule has 1 amide bonds. The van der Waals surface area contributed by atoms with Crippen molar-refractivity contribution in [2.24, 2.45) is 4.99 Å². The minimum atomic E-state index is 0.0750. The Morgan fingerprint density at radius 2 is 1.89 bits per heavy atom. The number of carbonyl (C=O) groups is 1. The number of benzene rings is 1. The Kier molecular flexibility index (Phi) is 8.62. The van der Waals surface area contributed by atoms with Crippen molar-refractivity contribution >= 4 is 11.9 Å². The molecular formula is C22H36N4O. The first kappa shape index (κ1) is 21.3. The van der Waals surface area contributed by atoms with Crippen LogP contribution in [0.3, 0.4) is 0 Å². The predicted octanol–water partition coefficient (Wildman–Crippen LogP) is 3.31. The molecule has 1 aromatic rings. The maximum atomic E-state index is 11.7. The van der Waals surface area contributed by atoms with E-state index < -0.39 is 0 Å². The third-order valence-corrected chi connectivity index (χ3v) is 5.69. The summed E-state index contributed by atoms with van der Waals surface area (Å²) in [5.41, 5.74) is 1.44. The van der Waals surface area contributed by atoms with Crippen LogP contribution in [-0.2, 0) is 10.2 Å². The largest absolute Gasteiger partial charge is 0.357 e. The van der Waals surface area contributed by atoms with Crippen molar-refractivity contribution in [1.29, 1.82) is 0 Å². The molecule has 0 spiro atoms. The van der Waals surface area contributed by atoms with E-state index in [2.05, 4.69) is 61.7 Å². The molecule has 1 aromatic carbocycles. The van der Waals surface area contributed by atoms with Crippen molar-refractivity contribution in [2.45, 2.75) is 58.3 Å². The minimum absolute atomic E-state index is 0.0750. The molecule has 1 saturated heterocycles. The maximum absolute atomic E-state index is 11.7. The average Bonchev–Trinajstić information content (AvgIpc) is 3.12. The number of rotatable bonds is 10. The van der Waals surface area contributed by atoms with Crippen LogP contribution in [0.2, 0.25) is 0 Å². The Morgan fingerprint density at radius 1 is 1.15 bits per heavy atom. The van der Waals surface area contributed by atoms with Gasteiger partial charge in [0.25, 0.3) is 0 Å². The number of nitrogens with zero attached hydrogens (tertiary/aromatic N) is 2. The molecule has 0 unspecified atom stereocenters. The van der Waals surface area contributed by atoms with Gasteiger partial charge in [0.15, 0.2) is 5.96 Å². The fourth-order valence-electron chi connectivity index (χ4n) is 3.75. The number of likely N-dealkylation sites (tertiary alicyclic amines) is 1. The van der Waals surface area contributed by atoms with E-state index in [4.69, 9.17) is 4.99 Å². The minimum Gasteiger partial charge on any atom is -0.357 e. The number of guanidine groups is 1. The molecular weight excluding hydrogens is 336 g/mol. The SMILES string of the molecule is CCNC(=NCC(CC)(CC)c1ccccc1)NCCCN1CCCC1=O. The number of amides is 1. The van der Waals surface area contributed by atoms with Crippen LogP contribution < -0.4 is 10.6 Å². The van der Waals surface area contributed by atoms with Gasteiger partial charge in [-0.3, -0.25) is 9.79 Å². The summed E-state index contributed by atoms with van der Waals surface area (Å²) >= 11 is 0. The van der Waals surface area contributed by atoms with E-state index in [-0.39, 0.29) is 5.41 Å². The summed E-state index contributed by atoms with van der Waals surface area (Å²) in [5, 5.41) is 6.78. The topological polar surface area (TPSA) is 56.7 Å². The summed E-state index contributed by atoms with van der Waals surface area (Å²) in [6.45, 7) is 10.8. The number of carbonyl (C=O) groups excluding carboxylic acids is 1. The molecule has 2 rings (SSSR count). The smallest absolute Gasteiger partial charge is 0.222 e. The zero-order valence-corrected chi connectivity index (χ0v) is 17.3. The third kappa shape index (κ3) is 5.98.